The normalized spacial score (nSPS) is 12.1. The number of hydrogen-bond donors (Lipinski definition) is 0. The van der Waals surface area contributed by atoms with Gasteiger partial charge in [0.25, 0.3) is 0 Å². The molecule has 0 aliphatic carbocycles. The van der Waals surface area contributed by atoms with Crippen LogP contribution in [0.3, 0.4) is 0 Å². The lowest BCUT2D eigenvalue weighted by molar-refractivity contribution is -0.137. The van der Waals surface area contributed by atoms with E-state index in [-0.39, 0.29) is 5.56 Å². The van der Waals surface area contributed by atoms with E-state index in [0.717, 1.165) is 110 Å². The Morgan fingerprint density at radius 1 is 0.351 bits per heavy atom. The summed E-state index contributed by atoms with van der Waals surface area (Å²) >= 11 is 0. The second-order valence-corrected chi connectivity index (χ2v) is 19.9. The predicted molar refractivity (Wildman–Crippen MR) is 311 cm³/mol. The van der Waals surface area contributed by atoms with Crippen molar-refractivity contribution in [3.63, 3.8) is 0 Å². The number of fused-ring (bicyclic) bond motifs is 12. The van der Waals surface area contributed by atoms with E-state index >= 15 is 13.2 Å². The maximum Gasteiger partial charge on any atom is 0.417 e. The molecule has 0 N–H and O–H groups in total. The number of aryl methyl sites for hydroxylation is 1. The van der Waals surface area contributed by atoms with Gasteiger partial charge in [0.15, 0.2) is 5.69 Å². The molecular weight excluding hydrogens is 956 g/mol. The molecule has 0 saturated heterocycles. The Balaban J connectivity index is 1.09. The van der Waals surface area contributed by atoms with Crippen molar-refractivity contribution in [3.8, 4) is 45.0 Å². The summed E-state index contributed by atoms with van der Waals surface area (Å²) in [5.41, 5.74) is 13.6. The van der Waals surface area contributed by atoms with Crippen LogP contribution in [-0.4, -0.2) is 18.3 Å². The standard InChI is InChI=1S/C69H42F3N5/c1-42-18-17-27-57(69(70,71)72)68(42)43-32-34-62(76-60-30-15-11-25-49(60)55-38-53-47-23-9-13-28-58(47)74(64(53)40-66(55)76)45-19-5-3-6-20-45)51(36-43)52-37-44(73-2)33-35-63(52)77-61-31-16-12-26-50(61)56-39-54-48-24-10-14-29-59(48)75(65(54)41-67(56)77)46-21-7-4-8-22-46/h3-41H,1H3. The Bertz CT molecular complexity index is 4990. The number of nitrogens with zero attached hydrogens (tertiary/aromatic N) is 5. The largest absolute Gasteiger partial charge is 0.417 e. The van der Waals surface area contributed by atoms with Gasteiger partial charge in [-0.25, -0.2) is 4.85 Å². The van der Waals surface area contributed by atoms with Gasteiger partial charge >= 0.3 is 6.18 Å². The molecule has 11 aromatic carbocycles. The van der Waals surface area contributed by atoms with E-state index in [9.17, 15) is 0 Å². The van der Waals surface area contributed by atoms with Crippen LogP contribution in [0.1, 0.15) is 11.1 Å². The molecule has 0 unspecified atom stereocenters. The zero-order valence-corrected chi connectivity index (χ0v) is 41.4. The van der Waals surface area contributed by atoms with Crippen molar-refractivity contribution in [2.45, 2.75) is 13.1 Å². The predicted octanol–water partition coefficient (Wildman–Crippen LogP) is 19.3. The molecule has 0 spiro atoms. The van der Waals surface area contributed by atoms with Gasteiger partial charge in [0.05, 0.1) is 67.6 Å². The molecule has 15 rings (SSSR count). The smallest absolute Gasteiger partial charge is 0.309 e. The van der Waals surface area contributed by atoms with Crippen LogP contribution in [0.5, 0.6) is 0 Å². The van der Waals surface area contributed by atoms with E-state index in [0.29, 0.717) is 27.9 Å². The Morgan fingerprint density at radius 3 is 1.21 bits per heavy atom. The first kappa shape index (κ1) is 44.4. The summed E-state index contributed by atoms with van der Waals surface area (Å²) in [4.78, 5) is 4.02. The average molecular weight is 998 g/mol. The van der Waals surface area contributed by atoms with Gasteiger partial charge in [-0.05, 0) is 132 Å². The average Bonchev–Trinajstić information content (AvgIpc) is 4.26. The number of alkyl halides is 3. The molecule has 4 heterocycles. The van der Waals surface area contributed by atoms with Crippen LogP contribution in [0.25, 0.3) is 137 Å². The highest BCUT2D eigenvalue weighted by molar-refractivity contribution is 6.21. The van der Waals surface area contributed by atoms with Gasteiger partial charge in [-0.15, -0.1) is 0 Å². The summed E-state index contributed by atoms with van der Waals surface area (Å²) in [5.74, 6) is 0. The third-order valence-corrected chi connectivity index (χ3v) is 15.7. The van der Waals surface area contributed by atoms with Crippen LogP contribution in [0.15, 0.2) is 237 Å². The Labute approximate surface area is 439 Å². The molecule has 8 heteroatoms. The van der Waals surface area contributed by atoms with E-state index in [1.54, 1.807) is 13.0 Å². The van der Waals surface area contributed by atoms with Crippen LogP contribution in [0.2, 0.25) is 0 Å². The van der Waals surface area contributed by atoms with Crippen molar-refractivity contribution in [2.75, 3.05) is 0 Å². The Kier molecular flexibility index (Phi) is 9.63. The molecule has 77 heavy (non-hydrogen) atoms. The minimum absolute atomic E-state index is 0.111. The molecule has 0 radical (unpaired) electrons. The Morgan fingerprint density at radius 2 is 0.753 bits per heavy atom. The van der Waals surface area contributed by atoms with Crippen molar-refractivity contribution >= 4 is 92.9 Å². The number of rotatable bonds is 6. The molecule has 0 amide bonds. The van der Waals surface area contributed by atoms with Gasteiger partial charge < -0.3 is 18.3 Å². The van der Waals surface area contributed by atoms with Crippen molar-refractivity contribution in [2.24, 2.45) is 0 Å². The maximum atomic E-state index is 15.3. The van der Waals surface area contributed by atoms with Crippen molar-refractivity contribution in [1.29, 1.82) is 0 Å². The van der Waals surface area contributed by atoms with Gasteiger partial charge in [0.1, 0.15) is 0 Å². The van der Waals surface area contributed by atoms with E-state index in [1.165, 1.54) is 12.1 Å². The van der Waals surface area contributed by atoms with Crippen LogP contribution >= 0.6 is 0 Å². The molecule has 364 valence electrons. The van der Waals surface area contributed by atoms with E-state index in [2.05, 4.69) is 181 Å². The summed E-state index contributed by atoms with van der Waals surface area (Å²) in [5, 5.41) is 8.64. The highest BCUT2D eigenvalue weighted by Crippen LogP contribution is 2.48. The third kappa shape index (κ3) is 6.60. The topological polar surface area (TPSA) is 24.1 Å². The number of halogens is 3. The molecule has 0 bridgehead atoms. The summed E-state index contributed by atoms with van der Waals surface area (Å²) in [7, 11) is 0. The molecule has 0 aliphatic heterocycles. The van der Waals surface area contributed by atoms with Crippen LogP contribution in [0.4, 0.5) is 18.9 Å². The van der Waals surface area contributed by atoms with Crippen molar-refractivity contribution < 1.29 is 13.2 Å². The van der Waals surface area contributed by atoms with E-state index in [4.69, 9.17) is 6.57 Å². The first-order valence-corrected chi connectivity index (χ1v) is 25.6. The molecule has 0 fully saturated rings. The van der Waals surface area contributed by atoms with Gasteiger partial charge in [-0.2, -0.15) is 13.2 Å². The van der Waals surface area contributed by atoms with Crippen molar-refractivity contribution in [1.82, 2.24) is 18.3 Å². The molecule has 5 nitrogen and oxygen atoms in total. The van der Waals surface area contributed by atoms with Crippen LogP contribution < -0.4 is 0 Å². The lowest BCUT2D eigenvalue weighted by Gasteiger charge is -2.22. The molecule has 0 saturated carbocycles. The number of para-hydroxylation sites is 6. The van der Waals surface area contributed by atoms with Gasteiger partial charge in [-0.1, -0.05) is 133 Å². The quantitative estimate of drug-likeness (QED) is 0.148. The highest BCUT2D eigenvalue weighted by Gasteiger charge is 2.35. The second-order valence-electron chi connectivity index (χ2n) is 19.9. The summed E-state index contributed by atoms with van der Waals surface area (Å²) in [6, 6.07) is 79.4. The number of benzene rings is 11. The first-order chi connectivity index (χ1) is 37.7. The monoisotopic (exact) mass is 997 g/mol. The summed E-state index contributed by atoms with van der Waals surface area (Å²) in [6.45, 7) is 10.2. The summed E-state index contributed by atoms with van der Waals surface area (Å²) in [6.07, 6.45) is -4.62. The first-order valence-electron chi connectivity index (χ1n) is 25.6. The lowest BCUT2D eigenvalue weighted by Crippen LogP contribution is -2.08. The fraction of sp³-hybridized carbons (Fsp3) is 0.0290. The molecule has 15 aromatic rings. The lowest BCUT2D eigenvalue weighted by atomic mass is 9.90. The number of aromatic nitrogens is 4. The van der Waals surface area contributed by atoms with Gasteiger partial charge in [-0.3, -0.25) is 0 Å². The molecular formula is C69H42F3N5. The maximum absolute atomic E-state index is 15.3. The minimum Gasteiger partial charge on any atom is -0.309 e. The van der Waals surface area contributed by atoms with E-state index < -0.39 is 11.7 Å². The van der Waals surface area contributed by atoms with E-state index in [1.807, 2.05) is 60.7 Å². The van der Waals surface area contributed by atoms with Gasteiger partial charge in [0, 0.05) is 60.0 Å². The highest BCUT2D eigenvalue weighted by atomic mass is 19.4. The third-order valence-electron chi connectivity index (χ3n) is 15.7. The zero-order chi connectivity index (χ0) is 51.7. The van der Waals surface area contributed by atoms with Crippen LogP contribution in [0, 0.1) is 13.5 Å². The van der Waals surface area contributed by atoms with Gasteiger partial charge in [0.2, 0.25) is 0 Å². The molecule has 4 aromatic heterocycles. The Hall–Kier alpha value is -10.1. The number of hydrogen-bond acceptors (Lipinski definition) is 0. The van der Waals surface area contributed by atoms with Crippen LogP contribution in [-0.2, 0) is 6.18 Å². The molecule has 0 atom stereocenters. The zero-order valence-electron chi connectivity index (χ0n) is 41.4. The molecule has 0 aliphatic rings. The summed E-state index contributed by atoms with van der Waals surface area (Å²) < 4.78 is 55.0. The fourth-order valence-electron chi connectivity index (χ4n) is 12.5. The minimum atomic E-state index is -4.62. The fourth-order valence-corrected chi connectivity index (χ4v) is 12.5. The van der Waals surface area contributed by atoms with Crippen molar-refractivity contribution in [3.05, 3.63) is 259 Å². The SMILES string of the molecule is [C-]#[N+]c1ccc(-n2c3ccccc3c3cc4c5ccccc5n(-c5ccccc5)c4cc32)c(-c2cc(-c3c(C)cccc3C(F)(F)F)ccc2-n2c3ccccc3c3cc4c5ccccc5n(-c5ccccc5)c4cc32)c1. The second kappa shape index (κ2) is 16.7.